The molecule has 28 heavy (non-hydrogen) atoms. The summed E-state index contributed by atoms with van der Waals surface area (Å²) in [7, 11) is 0. The lowest BCUT2D eigenvalue weighted by Gasteiger charge is -2.09. The minimum absolute atomic E-state index is 0.0624. The Balaban J connectivity index is 1.28. The van der Waals surface area contributed by atoms with Crippen molar-refractivity contribution >= 4 is 28.7 Å². The molecule has 0 bridgehead atoms. The second-order valence-electron chi connectivity index (χ2n) is 6.81. The molecule has 1 atom stereocenters. The number of ether oxygens (including phenoxy) is 1. The van der Waals surface area contributed by atoms with Crippen molar-refractivity contribution in [3.05, 3.63) is 59.9 Å². The number of aromatic nitrogens is 2. The third kappa shape index (κ3) is 6.02. The fourth-order valence-electron chi connectivity index (χ4n) is 2.78. The van der Waals surface area contributed by atoms with E-state index >= 15 is 0 Å². The highest BCUT2D eigenvalue weighted by Crippen LogP contribution is 2.27. The van der Waals surface area contributed by atoms with Crippen LogP contribution in [-0.4, -0.2) is 34.8 Å². The van der Waals surface area contributed by atoms with Gasteiger partial charge in [0.2, 0.25) is 5.91 Å². The van der Waals surface area contributed by atoms with Crippen molar-refractivity contribution in [2.45, 2.75) is 31.9 Å². The van der Waals surface area contributed by atoms with Crippen molar-refractivity contribution in [3.63, 3.8) is 0 Å². The quantitative estimate of drug-likeness (QED) is 0.489. The number of hydrogen-bond acceptors (Lipinski definition) is 4. The molecule has 5 nitrogen and oxygen atoms in total. The summed E-state index contributed by atoms with van der Waals surface area (Å²) in [6.07, 6.45) is 1.82. The zero-order valence-electron chi connectivity index (χ0n) is 16.4. The number of benzene rings is 2. The number of nitrogens with zero attached hydrogens (tertiary/aromatic N) is 1. The van der Waals surface area contributed by atoms with E-state index < -0.39 is 0 Å². The lowest BCUT2D eigenvalue weighted by molar-refractivity contribution is -0.118. The highest BCUT2D eigenvalue weighted by molar-refractivity contribution is 8.00. The van der Waals surface area contributed by atoms with Gasteiger partial charge in [0, 0.05) is 6.54 Å². The number of amides is 1. The van der Waals surface area contributed by atoms with Gasteiger partial charge in [-0.05, 0) is 51.0 Å². The van der Waals surface area contributed by atoms with Crippen LogP contribution in [0.5, 0.6) is 5.75 Å². The smallest absolute Gasteiger partial charge is 0.230 e. The van der Waals surface area contributed by atoms with Crippen LogP contribution in [0, 0.1) is 6.92 Å². The molecule has 6 heteroatoms. The number of aromatic amines is 1. The van der Waals surface area contributed by atoms with Crippen molar-refractivity contribution in [1.82, 2.24) is 15.3 Å². The van der Waals surface area contributed by atoms with E-state index in [0.717, 1.165) is 35.4 Å². The lowest BCUT2D eigenvalue weighted by atomic mass is 10.2. The molecule has 0 aliphatic rings. The van der Waals surface area contributed by atoms with E-state index in [1.807, 2.05) is 48.5 Å². The van der Waals surface area contributed by atoms with E-state index in [2.05, 4.69) is 29.1 Å². The first-order chi connectivity index (χ1) is 13.6. The van der Waals surface area contributed by atoms with Gasteiger partial charge < -0.3 is 15.0 Å². The molecule has 2 N–H and O–H groups in total. The van der Waals surface area contributed by atoms with Crippen LogP contribution in [0.3, 0.4) is 0 Å². The molecule has 1 unspecified atom stereocenters. The summed E-state index contributed by atoms with van der Waals surface area (Å²) in [6, 6.07) is 16.0. The normalized spacial score (nSPS) is 12.1. The molecule has 3 aromatic rings. The molecule has 0 saturated heterocycles. The van der Waals surface area contributed by atoms with Gasteiger partial charge in [0.15, 0.2) is 0 Å². The first-order valence-electron chi connectivity index (χ1n) is 9.64. The number of unbranched alkanes of at least 4 members (excludes halogenated alkanes) is 1. The summed E-state index contributed by atoms with van der Waals surface area (Å²) in [4.78, 5) is 20.0. The number of H-pyrrole nitrogens is 1. The molecule has 2 aromatic carbocycles. The minimum Gasteiger partial charge on any atom is -0.494 e. The van der Waals surface area contributed by atoms with Gasteiger partial charge in [0.25, 0.3) is 0 Å². The lowest BCUT2D eigenvalue weighted by Crippen LogP contribution is -2.26. The van der Waals surface area contributed by atoms with Crippen LogP contribution in [0.4, 0.5) is 0 Å². The number of rotatable bonds is 10. The zero-order chi connectivity index (χ0) is 19.8. The SMILES string of the molecule is Cc1ccc(OCCCCNC(=O)CSC(C)c2nc3ccccc3[nH]2)cc1. The van der Waals surface area contributed by atoms with E-state index in [4.69, 9.17) is 4.74 Å². The Labute approximate surface area is 170 Å². The summed E-state index contributed by atoms with van der Waals surface area (Å²) in [6.45, 7) is 5.46. The number of thioether (sulfide) groups is 1. The minimum atomic E-state index is 0.0624. The van der Waals surface area contributed by atoms with Gasteiger partial charge in [-0.2, -0.15) is 0 Å². The molecule has 3 rings (SSSR count). The van der Waals surface area contributed by atoms with Gasteiger partial charge in [-0.15, -0.1) is 11.8 Å². The molecule has 0 aliphatic carbocycles. The number of carbonyl (C=O) groups excluding carboxylic acids is 1. The first kappa shape index (κ1) is 20.3. The molecule has 1 amide bonds. The largest absolute Gasteiger partial charge is 0.494 e. The predicted octanol–water partition coefficient (Wildman–Crippen LogP) is 4.64. The van der Waals surface area contributed by atoms with Crippen LogP contribution < -0.4 is 10.1 Å². The van der Waals surface area contributed by atoms with Crippen molar-refractivity contribution in [2.75, 3.05) is 18.9 Å². The molecule has 0 aliphatic heterocycles. The molecule has 148 valence electrons. The number of aryl methyl sites for hydroxylation is 1. The van der Waals surface area contributed by atoms with Crippen LogP contribution in [0.25, 0.3) is 11.0 Å². The average Bonchev–Trinajstić information content (AvgIpc) is 3.14. The van der Waals surface area contributed by atoms with E-state index in [-0.39, 0.29) is 11.2 Å². The maximum absolute atomic E-state index is 12.0. The molecule has 1 heterocycles. The average molecular weight is 398 g/mol. The molecule has 0 spiro atoms. The van der Waals surface area contributed by atoms with Gasteiger partial charge in [-0.3, -0.25) is 4.79 Å². The highest BCUT2D eigenvalue weighted by Gasteiger charge is 2.13. The molecule has 0 radical (unpaired) electrons. The number of nitrogens with one attached hydrogen (secondary N) is 2. The Bertz CT molecular complexity index is 859. The third-order valence-electron chi connectivity index (χ3n) is 4.44. The van der Waals surface area contributed by atoms with Crippen molar-refractivity contribution in [2.24, 2.45) is 0 Å². The Morgan fingerprint density at radius 2 is 1.96 bits per heavy atom. The maximum atomic E-state index is 12.0. The topological polar surface area (TPSA) is 67.0 Å². The van der Waals surface area contributed by atoms with Crippen LogP contribution in [0.2, 0.25) is 0 Å². The molecule has 0 saturated carbocycles. The van der Waals surface area contributed by atoms with E-state index in [0.29, 0.717) is 18.9 Å². The first-order valence-corrected chi connectivity index (χ1v) is 10.7. The van der Waals surface area contributed by atoms with Crippen LogP contribution in [0.1, 0.15) is 36.4 Å². The van der Waals surface area contributed by atoms with Crippen LogP contribution in [0.15, 0.2) is 48.5 Å². The second-order valence-corrected chi connectivity index (χ2v) is 8.14. The van der Waals surface area contributed by atoms with Crippen molar-refractivity contribution < 1.29 is 9.53 Å². The van der Waals surface area contributed by atoms with Gasteiger partial charge >= 0.3 is 0 Å². The number of imidazole rings is 1. The predicted molar refractivity (Wildman–Crippen MR) is 116 cm³/mol. The number of hydrogen-bond donors (Lipinski definition) is 2. The van der Waals surface area contributed by atoms with Crippen LogP contribution in [-0.2, 0) is 4.79 Å². The third-order valence-corrected chi connectivity index (χ3v) is 5.59. The Hall–Kier alpha value is -2.47. The van der Waals surface area contributed by atoms with Gasteiger partial charge in [0.05, 0.1) is 28.6 Å². The monoisotopic (exact) mass is 397 g/mol. The zero-order valence-corrected chi connectivity index (χ0v) is 17.2. The second kappa shape index (κ2) is 10.2. The molecular formula is C22H27N3O2S. The van der Waals surface area contributed by atoms with Gasteiger partial charge in [0.1, 0.15) is 11.6 Å². The van der Waals surface area contributed by atoms with Crippen molar-refractivity contribution in [3.8, 4) is 5.75 Å². The summed E-state index contributed by atoms with van der Waals surface area (Å²) in [5, 5.41) is 3.12. The fraction of sp³-hybridized carbons (Fsp3) is 0.364. The van der Waals surface area contributed by atoms with Gasteiger partial charge in [-0.25, -0.2) is 4.98 Å². The summed E-state index contributed by atoms with van der Waals surface area (Å²) >= 11 is 1.59. The Morgan fingerprint density at radius 3 is 2.75 bits per heavy atom. The van der Waals surface area contributed by atoms with E-state index in [1.54, 1.807) is 11.8 Å². The Morgan fingerprint density at radius 1 is 1.18 bits per heavy atom. The number of carbonyl (C=O) groups is 1. The highest BCUT2D eigenvalue weighted by atomic mass is 32.2. The number of fused-ring (bicyclic) bond motifs is 1. The maximum Gasteiger partial charge on any atom is 0.230 e. The Kier molecular flexibility index (Phi) is 7.37. The number of para-hydroxylation sites is 2. The molecule has 1 aromatic heterocycles. The molecule has 0 fully saturated rings. The van der Waals surface area contributed by atoms with E-state index in [9.17, 15) is 4.79 Å². The van der Waals surface area contributed by atoms with Gasteiger partial charge in [-0.1, -0.05) is 29.8 Å². The molecular weight excluding hydrogens is 370 g/mol. The standard InChI is InChI=1S/C22H27N3O2S/c1-16-9-11-18(12-10-16)27-14-6-5-13-23-21(26)15-28-17(2)22-24-19-7-3-4-8-20(19)25-22/h3-4,7-12,17H,5-6,13-15H2,1-2H3,(H,23,26)(H,24,25). The summed E-state index contributed by atoms with van der Waals surface area (Å²) in [5.74, 6) is 2.29. The van der Waals surface area contributed by atoms with Crippen molar-refractivity contribution in [1.29, 1.82) is 0 Å². The fourth-order valence-corrected chi connectivity index (χ4v) is 3.55. The summed E-state index contributed by atoms with van der Waals surface area (Å²) < 4.78 is 5.69. The van der Waals surface area contributed by atoms with E-state index in [1.165, 1.54) is 5.56 Å². The summed E-state index contributed by atoms with van der Waals surface area (Å²) in [5.41, 5.74) is 3.21. The van der Waals surface area contributed by atoms with Crippen LogP contribution >= 0.6 is 11.8 Å².